The molecule has 6 N–H and O–H groups in total. The van der Waals surface area contributed by atoms with Gasteiger partial charge in [0, 0.05) is 0 Å². The molecule has 13 heavy (non-hydrogen) atoms. The monoisotopic (exact) mass is 183 g/mol. The summed E-state index contributed by atoms with van der Waals surface area (Å²) in [5.74, 6) is -2.25. The molecule has 0 radical (unpaired) electrons. The van der Waals surface area contributed by atoms with E-state index in [-0.39, 0.29) is 16.8 Å². The summed E-state index contributed by atoms with van der Waals surface area (Å²) in [7, 11) is 0. The van der Waals surface area contributed by atoms with E-state index < -0.39 is 11.9 Å². The zero-order valence-corrected chi connectivity index (χ0v) is 6.69. The van der Waals surface area contributed by atoms with E-state index in [1.807, 2.05) is 0 Å². The minimum atomic E-state index is -1.23. The molecule has 5 nitrogen and oxygen atoms in total. The van der Waals surface area contributed by atoms with Crippen molar-refractivity contribution in [3.63, 3.8) is 0 Å². The highest BCUT2D eigenvalue weighted by molar-refractivity contribution is 6.04. The Morgan fingerprint density at radius 3 is 2.38 bits per heavy atom. The molecule has 0 saturated heterocycles. The van der Waals surface area contributed by atoms with Gasteiger partial charge >= 0.3 is 11.9 Å². The molecule has 0 unspecified atom stereocenters. The second-order valence-corrected chi connectivity index (χ2v) is 2.47. The van der Waals surface area contributed by atoms with Crippen molar-refractivity contribution in [3.8, 4) is 0 Å². The van der Waals surface area contributed by atoms with Crippen molar-refractivity contribution in [2.24, 2.45) is 0 Å². The molecule has 5 heteroatoms. The van der Waals surface area contributed by atoms with Crippen LogP contribution in [-0.4, -0.2) is 26.9 Å². The number of aliphatic hydroxyl groups excluding tert-OH is 1. The third-order valence-electron chi connectivity index (χ3n) is 1.61. The van der Waals surface area contributed by atoms with Crippen LogP contribution < -0.4 is 5.73 Å². The van der Waals surface area contributed by atoms with Gasteiger partial charge in [-0.25, -0.2) is 4.79 Å². The molecule has 0 aliphatic heterocycles. The Balaban J connectivity index is 3.43. The van der Waals surface area contributed by atoms with Crippen LogP contribution in [0.4, 0.5) is 5.69 Å². The first-order chi connectivity index (χ1) is 6.04. The van der Waals surface area contributed by atoms with Crippen LogP contribution in [0.5, 0.6) is 0 Å². The molecule has 0 aromatic heterocycles. The smallest absolute Gasteiger partial charge is 0.477 e. The maximum Gasteiger partial charge on any atom is 0.516 e. The number of rotatable bonds is 2. The van der Waals surface area contributed by atoms with Crippen molar-refractivity contribution < 1.29 is 25.5 Å². The molecule has 0 saturated carbocycles. The van der Waals surface area contributed by atoms with Gasteiger partial charge in [0.05, 0.1) is 0 Å². The Labute approximate surface area is 73.4 Å². The quantitative estimate of drug-likeness (QED) is 0.546. The first-order valence-corrected chi connectivity index (χ1v) is 3.47. The number of carbonyl (C=O) groups is 1. The van der Waals surface area contributed by atoms with Gasteiger partial charge in [0.15, 0.2) is 0 Å². The number of aromatic carboxylic acids is 2. The van der Waals surface area contributed by atoms with Crippen LogP contribution in [0.2, 0.25) is 0 Å². The van der Waals surface area contributed by atoms with Crippen LogP contribution in [-0.2, 0) is 0 Å². The van der Waals surface area contributed by atoms with E-state index in [1.54, 1.807) is 0 Å². The molecule has 0 aliphatic carbocycles. The Hall–Kier alpha value is -1.88. The zero-order valence-electron chi connectivity index (χ0n) is 6.69. The Kier molecular flexibility index (Phi) is 2.29. The van der Waals surface area contributed by atoms with E-state index in [0.29, 0.717) is 0 Å². The third kappa shape index (κ3) is 1.65. The molecule has 0 atom stereocenters. The van der Waals surface area contributed by atoms with Crippen LogP contribution in [0.1, 0.15) is 15.9 Å². The average Bonchev–Trinajstić information content (AvgIpc) is 2.02. The number of quaternary nitrogens is 1. The Morgan fingerprint density at radius 1 is 1.38 bits per heavy atom. The predicted octanol–water partition coefficient (Wildman–Crippen LogP) is -0.333. The van der Waals surface area contributed by atoms with Crippen LogP contribution in [0.25, 0.3) is 0 Å². The van der Waals surface area contributed by atoms with Gasteiger partial charge in [-0.3, -0.25) is 0 Å². The lowest BCUT2D eigenvalue weighted by Crippen LogP contribution is -2.42. The van der Waals surface area contributed by atoms with Crippen LogP contribution in [0.15, 0.2) is 18.2 Å². The summed E-state index contributed by atoms with van der Waals surface area (Å²) in [5.41, 5.74) is 3.39. The summed E-state index contributed by atoms with van der Waals surface area (Å²) in [6.45, 7) is 0. The summed E-state index contributed by atoms with van der Waals surface area (Å²) in [6.07, 6.45) is 0. The molecule has 1 rings (SSSR count). The number of carboxylic acids is 2. The molecule has 0 aliphatic rings. The summed E-state index contributed by atoms with van der Waals surface area (Å²) in [6, 6.07) is 4.28. The van der Waals surface area contributed by atoms with Crippen molar-refractivity contribution in [1.82, 2.24) is 0 Å². The second-order valence-electron chi connectivity index (χ2n) is 2.47. The molecule has 1 aromatic rings. The molecular weight excluding hydrogens is 174 g/mol. The minimum Gasteiger partial charge on any atom is -0.477 e. The summed E-state index contributed by atoms with van der Waals surface area (Å²) in [4.78, 5) is 19.4. The SMILES string of the molecule is [NH3+]c1cccc(C(O)=[OH+])c1C(=O)O. The topological polar surface area (TPSA) is 107 Å². The van der Waals surface area contributed by atoms with Gasteiger partial charge in [0.25, 0.3) is 0 Å². The van der Waals surface area contributed by atoms with E-state index in [0.717, 1.165) is 0 Å². The molecular formula is C8H9NO4+2. The lowest BCUT2D eigenvalue weighted by atomic mass is 10.1. The standard InChI is InChI=1S/C8H7NO4/c9-5-3-1-2-4(7(10)11)6(5)8(12)13/h1-3H,9H2,(H,10,11)(H,12,13)/p+2. The van der Waals surface area contributed by atoms with Crippen molar-refractivity contribution in [2.75, 3.05) is 0 Å². The van der Waals surface area contributed by atoms with Crippen molar-refractivity contribution in [3.05, 3.63) is 29.3 Å². The maximum atomic E-state index is 10.7. The van der Waals surface area contributed by atoms with E-state index in [4.69, 9.17) is 15.0 Å². The third-order valence-corrected chi connectivity index (χ3v) is 1.61. The molecule has 1 aromatic carbocycles. The first-order valence-electron chi connectivity index (χ1n) is 3.47. The van der Waals surface area contributed by atoms with E-state index in [1.165, 1.54) is 18.2 Å². The number of hydrogen-bond acceptors (Lipinski definition) is 1. The molecule has 0 amide bonds. The van der Waals surface area contributed by atoms with Crippen molar-refractivity contribution in [2.45, 2.75) is 0 Å². The van der Waals surface area contributed by atoms with Gasteiger partial charge in [0.1, 0.15) is 16.8 Å². The molecule has 0 bridgehead atoms. The van der Waals surface area contributed by atoms with E-state index in [9.17, 15) is 4.79 Å². The Bertz CT molecular complexity index is 372. The highest BCUT2D eigenvalue weighted by atomic mass is 16.4. The molecule has 0 spiro atoms. The number of benzene rings is 1. The van der Waals surface area contributed by atoms with E-state index in [2.05, 4.69) is 5.73 Å². The highest BCUT2D eigenvalue weighted by Gasteiger charge is 2.24. The lowest BCUT2D eigenvalue weighted by Gasteiger charge is -1.97. The lowest BCUT2D eigenvalue weighted by molar-refractivity contribution is -0.255. The molecule has 0 heterocycles. The Morgan fingerprint density at radius 2 is 2.00 bits per heavy atom. The predicted molar refractivity (Wildman–Crippen MR) is 44.6 cm³/mol. The first kappa shape index (κ1) is 9.21. The fourth-order valence-electron chi connectivity index (χ4n) is 1.04. The molecule has 68 valence electrons. The van der Waals surface area contributed by atoms with E-state index >= 15 is 0 Å². The highest BCUT2D eigenvalue weighted by Crippen LogP contribution is 2.15. The zero-order chi connectivity index (χ0) is 10.0. The van der Waals surface area contributed by atoms with Gasteiger partial charge < -0.3 is 20.7 Å². The average molecular weight is 183 g/mol. The largest absolute Gasteiger partial charge is 0.516 e. The van der Waals surface area contributed by atoms with Gasteiger partial charge in [-0.1, -0.05) is 6.07 Å². The second kappa shape index (κ2) is 3.24. The van der Waals surface area contributed by atoms with Crippen LogP contribution in [0.3, 0.4) is 0 Å². The van der Waals surface area contributed by atoms with Gasteiger partial charge in [-0.05, 0) is 12.1 Å². The number of carboxylic acid groups (broad SMARTS) is 2. The van der Waals surface area contributed by atoms with Crippen LogP contribution in [0, 0.1) is 0 Å². The normalized spacial score (nSPS) is 9.62. The van der Waals surface area contributed by atoms with Crippen molar-refractivity contribution >= 4 is 17.6 Å². The molecule has 0 fully saturated rings. The van der Waals surface area contributed by atoms with Gasteiger partial charge in [-0.15, -0.1) is 0 Å². The van der Waals surface area contributed by atoms with Crippen molar-refractivity contribution in [1.29, 1.82) is 0 Å². The fourth-order valence-corrected chi connectivity index (χ4v) is 1.04. The summed E-state index contributed by atoms with van der Waals surface area (Å²) in [5, 5.41) is 17.5. The van der Waals surface area contributed by atoms with Gasteiger partial charge in [-0.2, -0.15) is 0 Å². The minimum absolute atomic E-state index is 0.125. The van der Waals surface area contributed by atoms with Gasteiger partial charge in [0.2, 0.25) is 0 Å². The summed E-state index contributed by atoms with van der Waals surface area (Å²) >= 11 is 0. The summed E-state index contributed by atoms with van der Waals surface area (Å²) < 4.78 is 0. The number of hydrogen-bond donors (Lipinski definition) is 3. The fraction of sp³-hybridized carbons (Fsp3) is 0. The maximum absolute atomic E-state index is 10.7. The van der Waals surface area contributed by atoms with Crippen LogP contribution >= 0.6 is 0 Å².